The van der Waals surface area contributed by atoms with Crippen LogP contribution in [0.3, 0.4) is 0 Å². The molecule has 2 aliphatic rings. The number of ketones is 4. The van der Waals surface area contributed by atoms with Gasteiger partial charge >= 0.3 is 0 Å². The highest BCUT2D eigenvalue weighted by atomic mass is 16.3. The van der Waals surface area contributed by atoms with E-state index >= 15 is 0 Å². The van der Waals surface area contributed by atoms with Crippen molar-refractivity contribution in [2.45, 2.75) is 202 Å². The Balaban J connectivity index is 1.51. The fourth-order valence-electron chi connectivity index (χ4n) is 10.0. The standard InChI is InChI=1S/C57H80O8/c1-6-11-17-30-44-50(60)49(55(65)57(53(44)63,38-22-12-7-2)39-23-13-8-3)47(59)35-33-43-29-24-28-42(40-43)27-20-21-31-45-51(61)48(46(58)34-32-41-25-18-16-19-26-41)54(64)56(52(45)62,36-14-9-4)37-15-10-5/h16,18-19,24-26,28-29,40,60-63H,6-15,17,20-23,27,30-39H2,1-5H3. The van der Waals surface area contributed by atoms with Gasteiger partial charge in [0.1, 0.15) is 34.2 Å². The van der Waals surface area contributed by atoms with Crippen LogP contribution >= 0.6 is 0 Å². The molecule has 0 fully saturated rings. The zero-order valence-electron chi connectivity index (χ0n) is 40.5. The van der Waals surface area contributed by atoms with Gasteiger partial charge in [-0.25, -0.2) is 0 Å². The molecule has 0 saturated heterocycles. The summed E-state index contributed by atoms with van der Waals surface area (Å²) in [6.07, 6.45) is 16.3. The Morgan fingerprint density at radius 2 is 0.800 bits per heavy atom. The number of unbranched alkanes of at least 4 members (excludes halogenated alkanes) is 9. The van der Waals surface area contributed by atoms with Crippen molar-refractivity contribution in [2.24, 2.45) is 10.8 Å². The van der Waals surface area contributed by atoms with Crippen LogP contribution in [0.5, 0.6) is 0 Å². The summed E-state index contributed by atoms with van der Waals surface area (Å²) in [5, 5.41) is 47.0. The molecule has 0 radical (unpaired) electrons. The number of carbonyl (C=O) groups excluding carboxylic acids is 4. The minimum absolute atomic E-state index is 0.0256. The van der Waals surface area contributed by atoms with Crippen LogP contribution in [0.4, 0.5) is 0 Å². The quantitative estimate of drug-likeness (QED) is 0.0432. The predicted octanol–water partition coefficient (Wildman–Crippen LogP) is 14.6. The molecule has 0 unspecified atom stereocenters. The number of hydrogen-bond donors (Lipinski definition) is 4. The van der Waals surface area contributed by atoms with Crippen molar-refractivity contribution in [3.05, 3.63) is 117 Å². The van der Waals surface area contributed by atoms with Gasteiger partial charge in [0.25, 0.3) is 0 Å². The number of aliphatic hydroxyl groups is 4. The summed E-state index contributed by atoms with van der Waals surface area (Å²) in [5.74, 6) is -2.50. The van der Waals surface area contributed by atoms with Gasteiger partial charge in [0.15, 0.2) is 23.1 Å². The topological polar surface area (TPSA) is 149 Å². The van der Waals surface area contributed by atoms with Gasteiger partial charge in [0.2, 0.25) is 0 Å². The molecule has 0 bridgehead atoms. The molecule has 2 aromatic carbocycles. The monoisotopic (exact) mass is 893 g/mol. The first-order valence-corrected chi connectivity index (χ1v) is 25.4. The number of allylic oxidation sites excluding steroid dienone is 6. The second-order valence-corrected chi connectivity index (χ2v) is 18.9. The molecule has 0 aliphatic heterocycles. The minimum atomic E-state index is -1.23. The number of Topliss-reactive ketones (excluding diaryl/α,β-unsaturated/α-hetero) is 4. The first-order chi connectivity index (χ1) is 31.4. The van der Waals surface area contributed by atoms with E-state index in [4.69, 9.17) is 0 Å². The molecule has 0 amide bonds. The minimum Gasteiger partial charge on any atom is -0.511 e. The maximum Gasteiger partial charge on any atom is 0.183 e. The van der Waals surface area contributed by atoms with E-state index in [1.54, 1.807) is 0 Å². The van der Waals surface area contributed by atoms with Crippen molar-refractivity contribution in [3.63, 3.8) is 0 Å². The molecule has 8 heteroatoms. The number of aryl methyl sites for hydroxylation is 3. The Labute approximate surface area is 390 Å². The van der Waals surface area contributed by atoms with Crippen LogP contribution < -0.4 is 0 Å². The summed E-state index contributed by atoms with van der Waals surface area (Å²) in [6.45, 7) is 10.4. The second-order valence-electron chi connectivity index (χ2n) is 18.9. The Kier molecular flexibility index (Phi) is 21.5. The summed E-state index contributed by atoms with van der Waals surface area (Å²) < 4.78 is 0. The summed E-state index contributed by atoms with van der Waals surface area (Å²) in [5.41, 5.74) is 0.888. The molecule has 0 saturated carbocycles. The van der Waals surface area contributed by atoms with E-state index in [-0.39, 0.29) is 47.0 Å². The molecule has 65 heavy (non-hydrogen) atoms. The molecule has 0 spiro atoms. The van der Waals surface area contributed by atoms with Crippen LogP contribution in [-0.2, 0) is 38.4 Å². The Bertz CT molecular complexity index is 2030. The van der Waals surface area contributed by atoms with E-state index in [9.17, 15) is 39.6 Å². The van der Waals surface area contributed by atoms with E-state index in [0.29, 0.717) is 94.6 Å². The molecule has 356 valence electrons. The van der Waals surface area contributed by atoms with Crippen molar-refractivity contribution in [1.29, 1.82) is 0 Å². The predicted molar refractivity (Wildman–Crippen MR) is 262 cm³/mol. The van der Waals surface area contributed by atoms with Crippen LogP contribution in [-0.4, -0.2) is 43.6 Å². The molecule has 2 aromatic rings. The smallest absolute Gasteiger partial charge is 0.183 e. The van der Waals surface area contributed by atoms with Gasteiger partial charge in [-0.1, -0.05) is 166 Å². The van der Waals surface area contributed by atoms with Crippen LogP contribution in [0.2, 0.25) is 0 Å². The largest absolute Gasteiger partial charge is 0.511 e. The third kappa shape index (κ3) is 13.2. The van der Waals surface area contributed by atoms with Gasteiger partial charge in [0.05, 0.1) is 10.8 Å². The van der Waals surface area contributed by atoms with E-state index in [1.807, 2.05) is 62.4 Å². The SMILES string of the molecule is CCCCCC1=C(O)C(CCCCC)(CCCCC)C(=O)C(C(=O)CCc2cccc(CCCCC3=C(O)C(CCCC)(CCCC)C(=O)C(C(=O)CCc4ccccc4)=C3O)c2)=C1O. The Hall–Kier alpha value is -4.72. The summed E-state index contributed by atoms with van der Waals surface area (Å²) in [4.78, 5) is 56.8. The lowest BCUT2D eigenvalue weighted by atomic mass is 9.65. The normalized spacial score (nSPS) is 16.3. The molecular weight excluding hydrogens is 813 g/mol. The lowest BCUT2D eigenvalue weighted by Crippen LogP contribution is -2.41. The highest BCUT2D eigenvalue weighted by Gasteiger charge is 2.51. The van der Waals surface area contributed by atoms with Crippen molar-refractivity contribution >= 4 is 23.1 Å². The molecule has 8 nitrogen and oxygen atoms in total. The van der Waals surface area contributed by atoms with Crippen molar-refractivity contribution in [1.82, 2.24) is 0 Å². The summed E-state index contributed by atoms with van der Waals surface area (Å²) in [7, 11) is 0. The maximum atomic E-state index is 14.5. The van der Waals surface area contributed by atoms with Gasteiger partial charge in [-0.3, -0.25) is 19.2 Å². The van der Waals surface area contributed by atoms with Crippen molar-refractivity contribution < 1.29 is 39.6 Å². The van der Waals surface area contributed by atoms with E-state index in [1.165, 1.54) is 0 Å². The van der Waals surface area contributed by atoms with Crippen LogP contribution in [0.1, 0.15) is 199 Å². The maximum absolute atomic E-state index is 14.5. The number of aliphatic hydroxyl groups excluding tert-OH is 4. The average Bonchev–Trinajstić information content (AvgIpc) is 3.30. The third-order valence-corrected chi connectivity index (χ3v) is 14.0. The zero-order valence-corrected chi connectivity index (χ0v) is 40.5. The van der Waals surface area contributed by atoms with Gasteiger partial charge < -0.3 is 20.4 Å². The highest BCUT2D eigenvalue weighted by molar-refractivity contribution is 6.25. The summed E-state index contributed by atoms with van der Waals surface area (Å²) in [6, 6.07) is 17.6. The first kappa shape index (κ1) is 52.9. The second kappa shape index (κ2) is 26.4. The first-order valence-electron chi connectivity index (χ1n) is 25.4. The fraction of sp³-hybridized carbons (Fsp3) is 0.579. The molecule has 0 heterocycles. The zero-order chi connectivity index (χ0) is 47.4. The molecule has 4 rings (SSSR count). The van der Waals surface area contributed by atoms with E-state index in [2.05, 4.69) is 26.8 Å². The van der Waals surface area contributed by atoms with Crippen LogP contribution in [0.25, 0.3) is 0 Å². The van der Waals surface area contributed by atoms with Crippen LogP contribution in [0, 0.1) is 10.8 Å². The fourth-order valence-corrected chi connectivity index (χ4v) is 10.0. The molecule has 0 atom stereocenters. The van der Waals surface area contributed by atoms with E-state index < -0.39 is 34.0 Å². The molecular formula is C57H80O8. The number of rotatable bonds is 31. The summed E-state index contributed by atoms with van der Waals surface area (Å²) >= 11 is 0. The molecule has 0 aromatic heterocycles. The van der Waals surface area contributed by atoms with Gasteiger partial charge in [-0.15, -0.1) is 0 Å². The average molecular weight is 893 g/mol. The van der Waals surface area contributed by atoms with Crippen LogP contribution in [0.15, 0.2) is 99.9 Å². The van der Waals surface area contributed by atoms with E-state index in [0.717, 1.165) is 87.3 Å². The third-order valence-electron chi connectivity index (χ3n) is 14.0. The number of carbonyl (C=O) groups is 4. The molecule has 4 N–H and O–H groups in total. The number of hydrogen-bond acceptors (Lipinski definition) is 8. The highest BCUT2D eigenvalue weighted by Crippen LogP contribution is 2.49. The van der Waals surface area contributed by atoms with Gasteiger partial charge in [0, 0.05) is 24.0 Å². The number of benzene rings is 2. The lowest BCUT2D eigenvalue weighted by Gasteiger charge is -2.37. The Morgan fingerprint density at radius 3 is 1.26 bits per heavy atom. The van der Waals surface area contributed by atoms with Crippen molar-refractivity contribution in [2.75, 3.05) is 0 Å². The molecule has 2 aliphatic carbocycles. The van der Waals surface area contributed by atoms with Crippen molar-refractivity contribution in [3.8, 4) is 0 Å². The van der Waals surface area contributed by atoms with Gasteiger partial charge in [-0.05, 0) is 93.7 Å². The lowest BCUT2D eigenvalue weighted by molar-refractivity contribution is -0.130. The van der Waals surface area contributed by atoms with Gasteiger partial charge in [-0.2, -0.15) is 0 Å². The Morgan fingerprint density at radius 1 is 0.431 bits per heavy atom.